The number of benzene rings is 1. The van der Waals surface area contributed by atoms with E-state index in [0.717, 1.165) is 64.9 Å². The van der Waals surface area contributed by atoms with Crippen LogP contribution in [0.4, 0.5) is 0 Å². The van der Waals surface area contributed by atoms with Crippen LogP contribution in [0.25, 0.3) is 22.3 Å². The Bertz CT molecular complexity index is 1260. The summed E-state index contributed by atoms with van der Waals surface area (Å²) in [6.45, 7) is 4.53. The van der Waals surface area contributed by atoms with Crippen molar-refractivity contribution in [1.29, 1.82) is 0 Å². The molecule has 0 atom stereocenters. The molecule has 166 valence electrons. The van der Waals surface area contributed by atoms with E-state index in [1.54, 1.807) is 0 Å². The standard InChI is InChI=1S/C25H28N4O3/c1-15-12-22(32-28-15)20-14-29(3)27-23(20)18-10-8-17(9-11-18)13-26-25(30)24-16(2)19-6-4-5-7-21(19)31-24/h4-7,12,14,17-18H,8-11,13H2,1-3H3,(H,26,30). The lowest BCUT2D eigenvalue weighted by Gasteiger charge is -2.28. The van der Waals surface area contributed by atoms with Gasteiger partial charge in [0.15, 0.2) is 11.5 Å². The Morgan fingerprint density at radius 3 is 2.69 bits per heavy atom. The highest BCUT2D eigenvalue weighted by Crippen LogP contribution is 2.39. The van der Waals surface area contributed by atoms with Gasteiger partial charge in [-0.1, -0.05) is 23.4 Å². The van der Waals surface area contributed by atoms with E-state index >= 15 is 0 Å². The lowest BCUT2D eigenvalue weighted by atomic mass is 9.79. The van der Waals surface area contributed by atoms with Gasteiger partial charge in [-0.3, -0.25) is 9.48 Å². The second-order valence-electron chi connectivity index (χ2n) is 8.91. The number of nitrogens with zero attached hydrogens (tertiary/aromatic N) is 3. The van der Waals surface area contributed by atoms with Crippen LogP contribution in [0.5, 0.6) is 0 Å². The number of para-hydroxylation sites is 1. The van der Waals surface area contributed by atoms with Crippen LogP contribution in [0.2, 0.25) is 0 Å². The highest BCUT2D eigenvalue weighted by molar-refractivity contribution is 5.98. The zero-order valence-electron chi connectivity index (χ0n) is 18.7. The molecule has 3 aromatic heterocycles. The molecule has 1 amide bonds. The molecule has 0 bridgehead atoms. The van der Waals surface area contributed by atoms with Gasteiger partial charge in [0.25, 0.3) is 5.91 Å². The van der Waals surface area contributed by atoms with E-state index in [9.17, 15) is 4.79 Å². The summed E-state index contributed by atoms with van der Waals surface area (Å²) in [5.74, 6) is 1.91. The number of aromatic nitrogens is 3. The Hall–Kier alpha value is -3.35. The van der Waals surface area contributed by atoms with Crippen molar-refractivity contribution in [2.75, 3.05) is 6.54 Å². The first kappa shape index (κ1) is 20.5. The molecule has 1 aliphatic rings. The van der Waals surface area contributed by atoms with Gasteiger partial charge in [0, 0.05) is 42.7 Å². The fourth-order valence-electron chi connectivity index (χ4n) is 4.84. The predicted molar refractivity (Wildman–Crippen MR) is 121 cm³/mol. The van der Waals surface area contributed by atoms with Gasteiger partial charge in [0.2, 0.25) is 0 Å². The van der Waals surface area contributed by atoms with Crippen molar-refractivity contribution in [1.82, 2.24) is 20.3 Å². The summed E-state index contributed by atoms with van der Waals surface area (Å²) in [5.41, 5.74) is 4.64. The topological polar surface area (TPSA) is 86.1 Å². The molecule has 32 heavy (non-hydrogen) atoms. The Morgan fingerprint density at radius 1 is 1.19 bits per heavy atom. The quantitative estimate of drug-likeness (QED) is 0.472. The van der Waals surface area contributed by atoms with Crippen LogP contribution in [-0.4, -0.2) is 27.4 Å². The van der Waals surface area contributed by atoms with Crippen LogP contribution < -0.4 is 5.32 Å². The largest absolute Gasteiger partial charge is 0.451 e. The van der Waals surface area contributed by atoms with Gasteiger partial charge in [-0.25, -0.2) is 0 Å². The third-order valence-electron chi connectivity index (χ3n) is 6.59. The average molecular weight is 433 g/mol. The summed E-state index contributed by atoms with van der Waals surface area (Å²) >= 11 is 0. The maximum Gasteiger partial charge on any atom is 0.287 e. The Labute approximate surface area is 186 Å². The van der Waals surface area contributed by atoms with Crippen molar-refractivity contribution in [3.8, 4) is 11.3 Å². The van der Waals surface area contributed by atoms with E-state index in [2.05, 4.69) is 10.5 Å². The third-order valence-corrected chi connectivity index (χ3v) is 6.59. The highest BCUT2D eigenvalue weighted by Gasteiger charge is 2.28. The van der Waals surface area contributed by atoms with Crippen molar-refractivity contribution in [3.63, 3.8) is 0 Å². The Kier molecular flexibility index (Phi) is 5.33. The van der Waals surface area contributed by atoms with E-state index in [1.807, 2.05) is 62.1 Å². The summed E-state index contributed by atoms with van der Waals surface area (Å²) in [6, 6.07) is 9.72. The summed E-state index contributed by atoms with van der Waals surface area (Å²) in [5, 5.41) is 12.8. The van der Waals surface area contributed by atoms with Gasteiger partial charge in [-0.2, -0.15) is 5.10 Å². The number of hydrogen-bond donors (Lipinski definition) is 1. The fraction of sp³-hybridized carbons (Fsp3) is 0.400. The molecule has 4 aromatic rings. The van der Waals surface area contributed by atoms with Crippen molar-refractivity contribution >= 4 is 16.9 Å². The van der Waals surface area contributed by atoms with Gasteiger partial charge in [0.05, 0.1) is 17.0 Å². The second-order valence-corrected chi connectivity index (χ2v) is 8.91. The first-order valence-electron chi connectivity index (χ1n) is 11.2. The van der Waals surface area contributed by atoms with Crippen LogP contribution in [0.3, 0.4) is 0 Å². The van der Waals surface area contributed by atoms with Crippen molar-refractivity contribution < 1.29 is 13.7 Å². The normalized spacial score (nSPS) is 18.8. The van der Waals surface area contributed by atoms with Gasteiger partial charge in [-0.15, -0.1) is 0 Å². The Morgan fingerprint density at radius 2 is 1.97 bits per heavy atom. The molecular formula is C25H28N4O3. The number of rotatable bonds is 5. The van der Waals surface area contributed by atoms with Crippen molar-refractivity contribution in [2.45, 2.75) is 45.4 Å². The molecule has 0 saturated heterocycles. The summed E-state index contributed by atoms with van der Waals surface area (Å²) < 4.78 is 13.1. The number of carbonyl (C=O) groups excluding carboxylic acids is 1. The van der Waals surface area contributed by atoms with E-state index in [-0.39, 0.29) is 5.91 Å². The molecule has 1 fully saturated rings. The molecule has 0 unspecified atom stereocenters. The SMILES string of the molecule is Cc1cc(-c2cn(C)nc2C2CCC(CNC(=O)c3oc4ccccc4c3C)CC2)on1. The monoisotopic (exact) mass is 432 g/mol. The third kappa shape index (κ3) is 3.83. The van der Waals surface area contributed by atoms with E-state index in [1.165, 1.54) is 0 Å². The Balaban J connectivity index is 1.20. The minimum Gasteiger partial charge on any atom is -0.451 e. The van der Waals surface area contributed by atoms with Gasteiger partial charge >= 0.3 is 0 Å². The molecule has 0 radical (unpaired) electrons. The predicted octanol–water partition coefficient (Wildman–Crippen LogP) is 5.14. The molecule has 1 N–H and O–H groups in total. The lowest BCUT2D eigenvalue weighted by Crippen LogP contribution is -2.31. The molecule has 1 aromatic carbocycles. The van der Waals surface area contributed by atoms with E-state index in [0.29, 0.717) is 24.1 Å². The fourth-order valence-corrected chi connectivity index (χ4v) is 4.84. The maximum atomic E-state index is 12.7. The van der Waals surface area contributed by atoms with Gasteiger partial charge < -0.3 is 14.3 Å². The zero-order valence-corrected chi connectivity index (χ0v) is 18.7. The maximum absolute atomic E-state index is 12.7. The number of furan rings is 1. The number of fused-ring (bicyclic) bond motifs is 1. The van der Waals surface area contributed by atoms with Crippen molar-refractivity contribution in [2.24, 2.45) is 13.0 Å². The average Bonchev–Trinajstić information content (AvgIpc) is 3.49. The number of aryl methyl sites for hydroxylation is 3. The molecule has 1 aliphatic carbocycles. The molecule has 3 heterocycles. The van der Waals surface area contributed by atoms with Crippen LogP contribution >= 0.6 is 0 Å². The molecule has 1 saturated carbocycles. The zero-order chi connectivity index (χ0) is 22.2. The molecule has 5 rings (SSSR count). The molecule has 7 nitrogen and oxygen atoms in total. The number of amides is 1. The molecule has 7 heteroatoms. The summed E-state index contributed by atoms with van der Waals surface area (Å²) in [4.78, 5) is 12.7. The van der Waals surface area contributed by atoms with Crippen LogP contribution in [0.15, 0.2) is 45.5 Å². The smallest absolute Gasteiger partial charge is 0.287 e. The van der Waals surface area contributed by atoms with Crippen LogP contribution in [0.1, 0.15) is 59.1 Å². The molecule has 0 aliphatic heterocycles. The highest BCUT2D eigenvalue weighted by atomic mass is 16.5. The first-order valence-corrected chi connectivity index (χ1v) is 11.2. The number of nitrogens with one attached hydrogen (secondary N) is 1. The van der Waals surface area contributed by atoms with E-state index < -0.39 is 0 Å². The number of carbonyl (C=O) groups is 1. The summed E-state index contributed by atoms with van der Waals surface area (Å²) in [6.07, 6.45) is 6.20. The van der Waals surface area contributed by atoms with Crippen LogP contribution in [0, 0.1) is 19.8 Å². The number of hydrogen-bond acceptors (Lipinski definition) is 5. The minimum atomic E-state index is -0.131. The van der Waals surface area contributed by atoms with Crippen LogP contribution in [-0.2, 0) is 7.05 Å². The van der Waals surface area contributed by atoms with Crippen molar-refractivity contribution in [3.05, 3.63) is 59.2 Å². The lowest BCUT2D eigenvalue weighted by molar-refractivity contribution is 0.0916. The molecular weight excluding hydrogens is 404 g/mol. The summed E-state index contributed by atoms with van der Waals surface area (Å²) in [7, 11) is 1.94. The molecule has 0 spiro atoms. The van der Waals surface area contributed by atoms with Gasteiger partial charge in [0.1, 0.15) is 5.58 Å². The van der Waals surface area contributed by atoms with Gasteiger partial charge in [-0.05, 0) is 51.5 Å². The first-order chi connectivity index (χ1) is 15.5. The second kappa shape index (κ2) is 8.30. The van der Waals surface area contributed by atoms with E-state index in [4.69, 9.17) is 14.0 Å². The minimum absolute atomic E-state index is 0.131.